The van der Waals surface area contributed by atoms with Crippen LogP contribution in [0.15, 0.2) is 39.4 Å². The molecule has 0 spiro atoms. The summed E-state index contributed by atoms with van der Waals surface area (Å²) in [5.74, 6) is 1.90. The zero-order chi connectivity index (χ0) is 21.8. The Kier molecular flexibility index (Phi) is 6.51. The van der Waals surface area contributed by atoms with Gasteiger partial charge in [0.2, 0.25) is 11.6 Å². The van der Waals surface area contributed by atoms with E-state index in [0.29, 0.717) is 44.3 Å². The van der Waals surface area contributed by atoms with E-state index in [0.717, 1.165) is 0 Å². The number of benzene rings is 2. The molecule has 1 aliphatic rings. The predicted octanol–water partition coefficient (Wildman–Crippen LogP) is 3.84. The molecule has 0 bridgehead atoms. The van der Waals surface area contributed by atoms with E-state index in [2.05, 4.69) is 20.9 Å². The Hall–Kier alpha value is -3.20. The fraction of sp³-hybridized carbons (Fsp3) is 0.238. The molecule has 0 aromatic heterocycles. The molecule has 0 saturated heterocycles. The average Bonchev–Trinajstić information content (AvgIpc) is 3.13. The third kappa shape index (κ3) is 4.06. The summed E-state index contributed by atoms with van der Waals surface area (Å²) in [7, 11) is 7.60. The van der Waals surface area contributed by atoms with E-state index >= 15 is 0 Å². The first-order chi connectivity index (χ1) is 14.4. The summed E-state index contributed by atoms with van der Waals surface area (Å²) in [5.41, 5.74) is 1.31. The van der Waals surface area contributed by atoms with Gasteiger partial charge in [-0.25, -0.2) is 9.79 Å². The van der Waals surface area contributed by atoms with Gasteiger partial charge in [-0.05, 0) is 35.9 Å². The molecule has 1 aliphatic heterocycles. The normalized spacial score (nSPS) is 14.3. The molecule has 0 N–H and O–H groups in total. The summed E-state index contributed by atoms with van der Waals surface area (Å²) < 4.78 is 32.7. The Morgan fingerprint density at radius 3 is 1.93 bits per heavy atom. The summed E-state index contributed by atoms with van der Waals surface area (Å²) in [6.45, 7) is 0. The second-order valence-electron chi connectivity index (χ2n) is 5.98. The Morgan fingerprint density at radius 1 is 0.833 bits per heavy atom. The lowest BCUT2D eigenvalue weighted by Gasteiger charge is -2.13. The van der Waals surface area contributed by atoms with Crippen LogP contribution < -0.4 is 23.7 Å². The highest BCUT2D eigenvalue weighted by molar-refractivity contribution is 9.10. The summed E-state index contributed by atoms with van der Waals surface area (Å²) in [6, 6.07) is 6.79. The molecule has 158 valence electrons. The molecule has 0 saturated carbocycles. The quantitative estimate of drug-likeness (QED) is 0.442. The van der Waals surface area contributed by atoms with E-state index in [1.54, 1.807) is 37.5 Å². The topological polar surface area (TPSA) is 84.8 Å². The first-order valence-corrected chi connectivity index (χ1v) is 9.49. The maximum atomic E-state index is 12.4. The number of cyclic esters (lactones) is 1. The van der Waals surface area contributed by atoms with Crippen molar-refractivity contribution < 1.29 is 33.2 Å². The van der Waals surface area contributed by atoms with Crippen LogP contribution in [0, 0.1) is 0 Å². The molecule has 0 atom stereocenters. The molecule has 0 amide bonds. The number of esters is 1. The molecule has 30 heavy (non-hydrogen) atoms. The van der Waals surface area contributed by atoms with Crippen LogP contribution in [-0.2, 0) is 9.53 Å². The molecule has 0 aliphatic carbocycles. The molecule has 0 fully saturated rings. The van der Waals surface area contributed by atoms with Gasteiger partial charge in [-0.2, -0.15) is 0 Å². The van der Waals surface area contributed by atoms with Crippen LogP contribution in [0.4, 0.5) is 0 Å². The molecule has 8 nitrogen and oxygen atoms in total. The summed E-state index contributed by atoms with van der Waals surface area (Å²) in [6.07, 6.45) is 1.60. The smallest absolute Gasteiger partial charge is 0.363 e. The molecule has 0 unspecified atom stereocenters. The number of nitrogens with zero attached hydrogens (tertiary/aromatic N) is 1. The number of aliphatic imine (C=N–C) groups is 1. The second-order valence-corrected chi connectivity index (χ2v) is 6.83. The van der Waals surface area contributed by atoms with Crippen LogP contribution in [-0.4, -0.2) is 47.4 Å². The zero-order valence-corrected chi connectivity index (χ0v) is 18.7. The number of hydrogen-bond acceptors (Lipinski definition) is 8. The zero-order valence-electron chi connectivity index (χ0n) is 17.1. The van der Waals surface area contributed by atoms with Crippen LogP contribution in [0.3, 0.4) is 0 Å². The number of hydrogen-bond donors (Lipinski definition) is 0. The van der Waals surface area contributed by atoms with Gasteiger partial charge >= 0.3 is 5.97 Å². The molecule has 1 heterocycles. The van der Waals surface area contributed by atoms with E-state index < -0.39 is 5.97 Å². The fourth-order valence-electron chi connectivity index (χ4n) is 2.86. The minimum Gasteiger partial charge on any atom is -0.493 e. The Morgan fingerprint density at radius 2 is 1.40 bits per heavy atom. The van der Waals surface area contributed by atoms with Crippen molar-refractivity contribution in [3.63, 3.8) is 0 Å². The first-order valence-electron chi connectivity index (χ1n) is 8.70. The van der Waals surface area contributed by atoms with E-state index in [1.807, 2.05) is 0 Å². The number of rotatable bonds is 7. The van der Waals surface area contributed by atoms with Crippen LogP contribution in [0.2, 0.25) is 0 Å². The van der Waals surface area contributed by atoms with Crippen LogP contribution in [0.25, 0.3) is 6.08 Å². The number of halogens is 1. The maximum Gasteiger partial charge on any atom is 0.363 e. The molecule has 2 aromatic rings. The molecule has 2 aromatic carbocycles. The number of carbonyl (C=O) groups excluding carboxylic acids is 1. The standard InChI is InChI=1S/C21H20BrNO7/c1-25-15-7-11(13(22)10-16(15)26-2)6-14-21(24)30-20(23-14)12-8-17(27-3)19(29-5)18(9-12)28-4/h6-10H,1-5H3/b14-6-. The van der Waals surface area contributed by atoms with Gasteiger partial charge < -0.3 is 28.4 Å². The maximum absolute atomic E-state index is 12.4. The highest BCUT2D eigenvalue weighted by Gasteiger charge is 2.27. The average molecular weight is 478 g/mol. The van der Waals surface area contributed by atoms with Gasteiger partial charge in [0.25, 0.3) is 0 Å². The lowest BCUT2D eigenvalue weighted by atomic mass is 10.1. The van der Waals surface area contributed by atoms with Gasteiger partial charge in [0.1, 0.15) is 0 Å². The molecule has 3 rings (SSSR count). The fourth-order valence-corrected chi connectivity index (χ4v) is 3.30. The number of carbonyl (C=O) groups is 1. The van der Waals surface area contributed by atoms with Crippen molar-refractivity contribution >= 4 is 33.9 Å². The summed E-state index contributed by atoms with van der Waals surface area (Å²) in [5, 5.41) is 0. The predicted molar refractivity (Wildman–Crippen MR) is 114 cm³/mol. The Labute approximate surface area is 182 Å². The minimum absolute atomic E-state index is 0.127. The van der Waals surface area contributed by atoms with E-state index in [1.165, 1.54) is 28.4 Å². The molecule has 9 heteroatoms. The Balaban J connectivity index is 2.04. The van der Waals surface area contributed by atoms with Crippen LogP contribution in [0.1, 0.15) is 11.1 Å². The Bertz CT molecular complexity index is 1020. The van der Waals surface area contributed by atoms with Crippen molar-refractivity contribution in [2.75, 3.05) is 35.5 Å². The van der Waals surface area contributed by atoms with Crippen LogP contribution in [0.5, 0.6) is 28.7 Å². The second kappa shape index (κ2) is 9.08. The summed E-state index contributed by atoms with van der Waals surface area (Å²) in [4.78, 5) is 16.8. The van der Waals surface area contributed by atoms with Crippen LogP contribution >= 0.6 is 15.9 Å². The van der Waals surface area contributed by atoms with E-state index in [-0.39, 0.29) is 11.6 Å². The third-order valence-corrected chi connectivity index (χ3v) is 5.01. The van der Waals surface area contributed by atoms with E-state index in [4.69, 9.17) is 28.4 Å². The highest BCUT2D eigenvalue weighted by Crippen LogP contribution is 2.39. The van der Waals surface area contributed by atoms with Gasteiger partial charge in [-0.1, -0.05) is 15.9 Å². The van der Waals surface area contributed by atoms with Gasteiger partial charge in [-0.15, -0.1) is 0 Å². The largest absolute Gasteiger partial charge is 0.493 e. The molecule has 0 radical (unpaired) electrons. The minimum atomic E-state index is -0.583. The van der Waals surface area contributed by atoms with Crippen molar-refractivity contribution in [2.24, 2.45) is 4.99 Å². The van der Waals surface area contributed by atoms with Gasteiger partial charge in [0, 0.05) is 10.0 Å². The van der Waals surface area contributed by atoms with Crippen molar-refractivity contribution in [2.45, 2.75) is 0 Å². The highest BCUT2D eigenvalue weighted by atomic mass is 79.9. The van der Waals surface area contributed by atoms with Crippen molar-refractivity contribution in [1.82, 2.24) is 0 Å². The SMILES string of the molecule is COc1cc(Br)c(/C=C2\N=C(c3cc(OC)c(OC)c(OC)c3)OC2=O)cc1OC. The molecular weight excluding hydrogens is 458 g/mol. The van der Waals surface area contributed by atoms with Gasteiger partial charge in [-0.3, -0.25) is 0 Å². The molecular formula is C21H20BrNO7. The lowest BCUT2D eigenvalue weighted by molar-refractivity contribution is -0.129. The third-order valence-electron chi connectivity index (χ3n) is 4.33. The van der Waals surface area contributed by atoms with Crippen molar-refractivity contribution in [1.29, 1.82) is 0 Å². The number of methoxy groups -OCH3 is 5. The van der Waals surface area contributed by atoms with Crippen molar-refractivity contribution in [3.8, 4) is 28.7 Å². The van der Waals surface area contributed by atoms with Crippen molar-refractivity contribution in [3.05, 3.63) is 45.6 Å². The van der Waals surface area contributed by atoms with Gasteiger partial charge in [0.05, 0.1) is 35.5 Å². The van der Waals surface area contributed by atoms with Gasteiger partial charge in [0.15, 0.2) is 28.7 Å². The van der Waals surface area contributed by atoms with E-state index in [9.17, 15) is 4.79 Å². The monoisotopic (exact) mass is 477 g/mol. The number of ether oxygens (including phenoxy) is 6. The summed E-state index contributed by atoms with van der Waals surface area (Å²) >= 11 is 3.46. The first kappa shape index (κ1) is 21.5. The lowest BCUT2D eigenvalue weighted by Crippen LogP contribution is -2.07.